The number of ether oxygens (including phenoxy) is 2. The van der Waals surface area contributed by atoms with Crippen LogP contribution in [0.4, 0.5) is 11.5 Å². The van der Waals surface area contributed by atoms with Crippen molar-refractivity contribution in [1.29, 1.82) is 0 Å². The topological polar surface area (TPSA) is 81.0 Å². The molecule has 0 bridgehead atoms. The Kier molecular flexibility index (Phi) is 5.48. The van der Waals surface area contributed by atoms with Crippen molar-refractivity contribution in [3.63, 3.8) is 0 Å². The highest BCUT2D eigenvalue weighted by atomic mass is 32.2. The minimum atomic E-state index is -0.293. The molecule has 0 saturated carbocycles. The number of carbonyl (C=O) groups is 1. The number of thioether (sulfide) groups is 1. The Morgan fingerprint density at radius 3 is 2.62 bits per heavy atom. The molecular weight excluding hydrogens is 390 g/mol. The third-order valence-corrected chi connectivity index (χ3v) is 5.68. The van der Waals surface area contributed by atoms with E-state index in [2.05, 4.69) is 15.3 Å². The summed E-state index contributed by atoms with van der Waals surface area (Å²) in [6, 6.07) is 7.02. The van der Waals surface area contributed by atoms with E-state index in [0.29, 0.717) is 22.9 Å². The Bertz CT molecular complexity index is 1050. The largest absolute Gasteiger partial charge is 0.493 e. The monoisotopic (exact) mass is 413 g/mol. The number of anilines is 2. The molecule has 0 spiro atoms. The number of nitrogens with zero attached hydrogens (tertiary/aromatic N) is 4. The quantitative estimate of drug-likeness (QED) is 0.689. The van der Waals surface area contributed by atoms with Gasteiger partial charge in [0.25, 0.3) is 5.91 Å². The van der Waals surface area contributed by atoms with Gasteiger partial charge in [-0.15, -0.1) is 0 Å². The zero-order chi connectivity index (χ0) is 20.4. The van der Waals surface area contributed by atoms with Gasteiger partial charge in [0.15, 0.2) is 23.0 Å². The molecule has 8 nitrogen and oxygen atoms in total. The molecule has 1 aromatic carbocycles. The highest BCUT2D eigenvalue weighted by Crippen LogP contribution is 2.30. The van der Waals surface area contributed by atoms with Crippen LogP contribution in [0.2, 0.25) is 0 Å². The van der Waals surface area contributed by atoms with E-state index in [1.165, 1.54) is 0 Å². The zero-order valence-electron chi connectivity index (χ0n) is 16.6. The number of aromatic nitrogens is 3. The maximum absolute atomic E-state index is 12.8. The SMILES string of the molecule is COc1ccc(NC(=O)c2cc3c(N4CCSCC4)nc(C)cn3n2)cc1OC. The first kappa shape index (κ1) is 19.4. The first-order chi connectivity index (χ1) is 14.1. The van der Waals surface area contributed by atoms with E-state index in [9.17, 15) is 4.79 Å². The summed E-state index contributed by atoms with van der Waals surface area (Å²) in [5, 5.41) is 7.35. The van der Waals surface area contributed by atoms with Crippen LogP contribution in [0.25, 0.3) is 5.52 Å². The van der Waals surface area contributed by atoms with E-state index >= 15 is 0 Å². The molecule has 4 rings (SSSR count). The summed E-state index contributed by atoms with van der Waals surface area (Å²) in [4.78, 5) is 19.8. The van der Waals surface area contributed by atoms with Crippen molar-refractivity contribution in [2.45, 2.75) is 6.92 Å². The minimum absolute atomic E-state index is 0.293. The van der Waals surface area contributed by atoms with Crippen LogP contribution in [0.3, 0.4) is 0 Å². The number of fused-ring (bicyclic) bond motifs is 1. The predicted molar refractivity (Wildman–Crippen MR) is 115 cm³/mol. The summed E-state index contributed by atoms with van der Waals surface area (Å²) < 4.78 is 12.3. The lowest BCUT2D eigenvalue weighted by Crippen LogP contribution is -2.33. The number of hydrogen-bond acceptors (Lipinski definition) is 7. The van der Waals surface area contributed by atoms with Gasteiger partial charge in [-0.05, 0) is 19.1 Å². The van der Waals surface area contributed by atoms with Gasteiger partial charge in [0.1, 0.15) is 5.52 Å². The number of methoxy groups -OCH3 is 2. The molecular formula is C20H23N5O3S. The van der Waals surface area contributed by atoms with Gasteiger partial charge in [-0.2, -0.15) is 16.9 Å². The highest BCUT2D eigenvalue weighted by Gasteiger charge is 2.20. The number of hydrogen-bond donors (Lipinski definition) is 1. The molecule has 0 unspecified atom stereocenters. The van der Waals surface area contributed by atoms with Gasteiger partial charge in [-0.3, -0.25) is 4.79 Å². The van der Waals surface area contributed by atoms with Crippen LogP contribution >= 0.6 is 11.8 Å². The minimum Gasteiger partial charge on any atom is -0.493 e. The molecule has 1 amide bonds. The van der Waals surface area contributed by atoms with E-state index < -0.39 is 0 Å². The van der Waals surface area contributed by atoms with Gasteiger partial charge < -0.3 is 19.7 Å². The summed E-state index contributed by atoms with van der Waals surface area (Å²) in [6.45, 7) is 3.82. The van der Waals surface area contributed by atoms with Gasteiger partial charge in [0, 0.05) is 42.4 Å². The molecule has 3 heterocycles. The van der Waals surface area contributed by atoms with Crippen LogP contribution in [-0.2, 0) is 0 Å². The normalized spacial score (nSPS) is 14.1. The average molecular weight is 414 g/mol. The Labute approximate surface area is 173 Å². The third-order valence-electron chi connectivity index (χ3n) is 4.74. The molecule has 9 heteroatoms. The van der Waals surface area contributed by atoms with Crippen molar-refractivity contribution in [3.05, 3.63) is 41.9 Å². The van der Waals surface area contributed by atoms with Crippen LogP contribution in [0.15, 0.2) is 30.5 Å². The maximum atomic E-state index is 12.8. The molecule has 3 aromatic rings. The van der Waals surface area contributed by atoms with Crippen LogP contribution in [0.1, 0.15) is 16.2 Å². The molecule has 1 aliphatic rings. The standard InChI is InChI=1S/C20H23N5O3S/c1-13-12-25-16(19(21-13)24-6-8-29-9-7-24)11-15(23-25)20(26)22-14-4-5-17(27-2)18(10-14)28-3/h4-5,10-12H,6-9H2,1-3H3,(H,22,26). The van der Waals surface area contributed by atoms with Crippen molar-refractivity contribution < 1.29 is 14.3 Å². The lowest BCUT2D eigenvalue weighted by Gasteiger charge is -2.28. The van der Waals surface area contributed by atoms with E-state index in [4.69, 9.17) is 14.5 Å². The van der Waals surface area contributed by atoms with Gasteiger partial charge in [0.05, 0.1) is 26.1 Å². The Morgan fingerprint density at radius 1 is 1.14 bits per heavy atom. The lowest BCUT2D eigenvalue weighted by molar-refractivity contribution is 0.102. The summed E-state index contributed by atoms with van der Waals surface area (Å²) in [7, 11) is 3.13. The fourth-order valence-electron chi connectivity index (χ4n) is 3.32. The van der Waals surface area contributed by atoms with Crippen LogP contribution < -0.4 is 19.7 Å². The smallest absolute Gasteiger partial charge is 0.276 e. The molecule has 1 aliphatic heterocycles. The number of amides is 1. The van der Waals surface area contributed by atoms with Crippen molar-refractivity contribution in [1.82, 2.24) is 14.6 Å². The molecule has 2 aromatic heterocycles. The number of aryl methyl sites for hydroxylation is 1. The van der Waals surface area contributed by atoms with E-state index in [-0.39, 0.29) is 5.91 Å². The van der Waals surface area contributed by atoms with Gasteiger partial charge in [-0.25, -0.2) is 9.50 Å². The predicted octanol–water partition coefficient (Wildman–Crippen LogP) is 2.86. The molecule has 29 heavy (non-hydrogen) atoms. The average Bonchev–Trinajstić information content (AvgIpc) is 3.17. The van der Waals surface area contributed by atoms with Gasteiger partial charge in [0.2, 0.25) is 0 Å². The molecule has 1 N–H and O–H groups in total. The number of rotatable bonds is 5. The summed E-state index contributed by atoms with van der Waals surface area (Å²) in [6.07, 6.45) is 1.84. The number of nitrogens with one attached hydrogen (secondary N) is 1. The van der Waals surface area contributed by atoms with Crippen molar-refractivity contribution >= 4 is 34.7 Å². The van der Waals surface area contributed by atoms with Crippen molar-refractivity contribution in [2.24, 2.45) is 0 Å². The van der Waals surface area contributed by atoms with Crippen LogP contribution in [0.5, 0.6) is 11.5 Å². The Hall–Kier alpha value is -2.94. The molecule has 0 radical (unpaired) electrons. The summed E-state index contributed by atoms with van der Waals surface area (Å²) in [5.41, 5.74) is 2.63. The molecule has 152 valence electrons. The first-order valence-corrected chi connectivity index (χ1v) is 10.5. The third kappa shape index (κ3) is 3.95. The first-order valence-electron chi connectivity index (χ1n) is 9.32. The fourth-order valence-corrected chi connectivity index (χ4v) is 4.22. The van der Waals surface area contributed by atoms with Gasteiger partial charge in [-0.1, -0.05) is 0 Å². The van der Waals surface area contributed by atoms with Crippen LogP contribution in [0, 0.1) is 6.92 Å². The second-order valence-electron chi connectivity index (χ2n) is 6.69. The second-order valence-corrected chi connectivity index (χ2v) is 7.91. The molecule has 0 atom stereocenters. The van der Waals surface area contributed by atoms with E-state index in [1.54, 1.807) is 43.0 Å². The van der Waals surface area contributed by atoms with E-state index in [0.717, 1.165) is 41.6 Å². The van der Waals surface area contributed by atoms with Crippen molar-refractivity contribution in [2.75, 3.05) is 49.0 Å². The second kappa shape index (κ2) is 8.20. The van der Waals surface area contributed by atoms with E-state index in [1.807, 2.05) is 24.9 Å². The van der Waals surface area contributed by atoms with Crippen molar-refractivity contribution in [3.8, 4) is 11.5 Å². The highest BCUT2D eigenvalue weighted by molar-refractivity contribution is 7.99. The molecule has 1 fully saturated rings. The fraction of sp³-hybridized carbons (Fsp3) is 0.350. The molecule has 1 saturated heterocycles. The Balaban J connectivity index is 1.63. The summed E-state index contributed by atoms with van der Waals surface area (Å²) in [5.74, 6) is 3.88. The van der Waals surface area contributed by atoms with Crippen LogP contribution in [-0.4, -0.2) is 59.3 Å². The Morgan fingerprint density at radius 2 is 1.90 bits per heavy atom. The lowest BCUT2D eigenvalue weighted by atomic mass is 10.2. The number of carbonyl (C=O) groups excluding carboxylic acids is 1. The molecule has 0 aliphatic carbocycles. The maximum Gasteiger partial charge on any atom is 0.276 e. The number of benzene rings is 1. The summed E-state index contributed by atoms with van der Waals surface area (Å²) >= 11 is 1.94. The zero-order valence-corrected chi connectivity index (χ0v) is 17.5. The van der Waals surface area contributed by atoms with Gasteiger partial charge >= 0.3 is 0 Å².